The van der Waals surface area contributed by atoms with E-state index in [-0.39, 0.29) is 12.8 Å². The molecule has 0 radical (unpaired) electrons. The third-order valence-corrected chi connectivity index (χ3v) is 6.29. The molecule has 2 aliphatic heterocycles. The molecule has 0 spiro atoms. The van der Waals surface area contributed by atoms with E-state index >= 15 is 0 Å². The number of likely N-dealkylation sites (N-methyl/N-ethyl adjacent to an activating group) is 1. The highest BCUT2D eigenvalue weighted by atomic mass is 19.4. The summed E-state index contributed by atoms with van der Waals surface area (Å²) in [5, 5.41) is 0. The first-order valence-corrected chi connectivity index (χ1v) is 10.7. The molecule has 6 heteroatoms. The fraction of sp³-hybridized carbons (Fsp3) is 0.727. The number of piperazine rings is 1. The molecule has 158 valence electrons. The fourth-order valence-corrected chi connectivity index (χ4v) is 4.29. The van der Waals surface area contributed by atoms with Crippen molar-refractivity contribution >= 4 is 0 Å². The second-order valence-corrected chi connectivity index (χ2v) is 8.48. The lowest BCUT2D eigenvalue weighted by atomic mass is 9.96. The second kappa shape index (κ2) is 10.1. The number of halogens is 3. The molecule has 28 heavy (non-hydrogen) atoms. The van der Waals surface area contributed by atoms with Crippen LogP contribution in [0.25, 0.3) is 0 Å². The lowest BCUT2D eigenvalue weighted by molar-refractivity contribution is -0.185. The molecule has 2 saturated heterocycles. The molecule has 0 atom stereocenters. The average Bonchev–Trinajstić information content (AvgIpc) is 2.68. The lowest BCUT2D eigenvalue weighted by Crippen LogP contribution is -2.44. The van der Waals surface area contributed by atoms with E-state index in [0.717, 1.165) is 39.0 Å². The normalized spacial score (nSPS) is 21.3. The highest BCUT2D eigenvalue weighted by Crippen LogP contribution is 2.34. The van der Waals surface area contributed by atoms with Crippen LogP contribution in [-0.2, 0) is 12.8 Å². The minimum Gasteiger partial charge on any atom is -0.304 e. The largest absolute Gasteiger partial charge is 0.391 e. The van der Waals surface area contributed by atoms with Crippen molar-refractivity contribution in [2.75, 3.05) is 59.4 Å². The SMILES string of the molecule is CN1CCN(CCCc2cccc(CCN3CCC(C(F)(F)F)CC3)c2)CC1. The Morgan fingerprint density at radius 2 is 1.46 bits per heavy atom. The summed E-state index contributed by atoms with van der Waals surface area (Å²) in [4.78, 5) is 7.11. The van der Waals surface area contributed by atoms with Crippen molar-refractivity contribution in [3.63, 3.8) is 0 Å². The zero-order valence-corrected chi connectivity index (χ0v) is 17.1. The summed E-state index contributed by atoms with van der Waals surface area (Å²) >= 11 is 0. The molecule has 0 unspecified atom stereocenters. The summed E-state index contributed by atoms with van der Waals surface area (Å²) in [6.45, 7) is 7.81. The average molecular weight is 398 g/mol. The minimum absolute atomic E-state index is 0.246. The number of alkyl halides is 3. The van der Waals surface area contributed by atoms with Crippen molar-refractivity contribution in [3.8, 4) is 0 Å². The van der Waals surface area contributed by atoms with Gasteiger partial charge in [0.2, 0.25) is 0 Å². The number of aryl methyl sites for hydroxylation is 1. The highest BCUT2D eigenvalue weighted by Gasteiger charge is 2.40. The molecule has 2 heterocycles. The van der Waals surface area contributed by atoms with Gasteiger partial charge in [-0.2, -0.15) is 13.2 Å². The molecule has 2 fully saturated rings. The summed E-state index contributed by atoms with van der Waals surface area (Å²) in [5.74, 6) is -1.10. The van der Waals surface area contributed by atoms with Gasteiger partial charge in [0.25, 0.3) is 0 Å². The third kappa shape index (κ3) is 6.75. The molecule has 0 aliphatic carbocycles. The van der Waals surface area contributed by atoms with Crippen LogP contribution in [0.15, 0.2) is 24.3 Å². The molecule has 0 saturated carbocycles. The molecule has 0 amide bonds. The molecule has 0 bridgehead atoms. The Bertz CT molecular complexity index is 589. The van der Waals surface area contributed by atoms with Crippen LogP contribution in [0, 0.1) is 5.92 Å². The van der Waals surface area contributed by atoms with E-state index in [1.807, 2.05) is 0 Å². The van der Waals surface area contributed by atoms with E-state index in [1.54, 1.807) is 0 Å². The first kappa shape index (κ1) is 21.6. The molecule has 3 nitrogen and oxygen atoms in total. The van der Waals surface area contributed by atoms with Gasteiger partial charge in [-0.15, -0.1) is 0 Å². The monoisotopic (exact) mass is 397 g/mol. The third-order valence-electron chi connectivity index (χ3n) is 6.29. The van der Waals surface area contributed by atoms with Crippen molar-refractivity contribution in [1.29, 1.82) is 0 Å². The number of piperidine rings is 1. The topological polar surface area (TPSA) is 9.72 Å². The van der Waals surface area contributed by atoms with Gasteiger partial charge < -0.3 is 14.7 Å². The van der Waals surface area contributed by atoms with Gasteiger partial charge in [0.15, 0.2) is 0 Å². The molecular weight excluding hydrogens is 363 g/mol. The number of nitrogens with zero attached hydrogens (tertiary/aromatic N) is 3. The molecule has 0 N–H and O–H groups in total. The van der Waals surface area contributed by atoms with Crippen LogP contribution in [0.1, 0.15) is 30.4 Å². The van der Waals surface area contributed by atoms with Crippen molar-refractivity contribution in [2.24, 2.45) is 5.92 Å². The van der Waals surface area contributed by atoms with Gasteiger partial charge in [-0.25, -0.2) is 0 Å². The standard InChI is InChI=1S/C22H34F3N3/c1-26-14-16-27(17-15-26)10-3-6-19-4-2-5-20(18-19)7-11-28-12-8-21(9-13-28)22(23,24)25/h2,4-5,18,21H,3,6-17H2,1H3. The van der Waals surface area contributed by atoms with E-state index in [9.17, 15) is 13.2 Å². The fourth-order valence-electron chi connectivity index (χ4n) is 4.29. The maximum atomic E-state index is 12.8. The van der Waals surface area contributed by atoms with Gasteiger partial charge in [0.05, 0.1) is 5.92 Å². The molecule has 1 aromatic rings. The van der Waals surface area contributed by atoms with Gasteiger partial charge in [0, 0.05) is 32.7 Å². The Balaban J connectivity index is 1.37. The molecular formula is C22H34F3N3. The zero-order valence-electron chi connectivity index (χ0n) is 17.1. The summed E-state index contributed by atoms with van der Waals surface area (Å²) < 4.78 is 38.3. The number of benzene rings is 1. The van der Waals surface area contributed by atoms with E-state index in [4.69, 9.17) is 0 Å². The van der Waals surface area contributed by atoms with Gasteiger partial charge in [-0.1, -0.05) is 24.3 Å². The van der Waals surface area contributed by atoms with Crippen molar-refractivity contribution in [2.45, 2.75) is 38.3 Å². The van der Waals surface area contributed by atoms with Crippen molar-refractivity contribution < 1.29 is 13.2 Å². The Hall–Kier alpha value is -1.11. The van der Waals surface area contributed by atoms with Crippen LogP contribution >= 0.6 is 0 Å². The molecule has 3 rings (SSSR count). The number of hydrogen-bond donors (Lipinski definition) is 0. The zero-order chi connectivity index (χ0) is 20.0. The summed E-state index contributed by atoms with van der Waals surface area (Å²) in [6, 6.07) is 8.75. The van der Waals surface area contributed by atoms with Crippen molar-refractivity contribution in [1.82, 2.24) is 14.7 Å². The summed E-state index contributed by atoms with van der Waals surface area (Å²) in [5.41, 5.74) is 2.68. The minimum atomic E-state index is -4.02. The predicted octanol–water partition coefficient (Wildman–Crippen LogP) is 3.68. The van der Waals surface area contributed by atoms with Gasteiger partial charge in [-0.3, -0.25) is 0 Å². The second-order valence-electron chi connectivity index (χ2n) is 8.48. The maximum absolute atomic E-state index is 12.8. The smallest absolute Gasteiger partial charge is 0.304 e. The van der Waals surface area contributed by atoms with Gasteiger partial charge in [-0.05, 0) is 69.9 Å². The van der Waals surface area contributed by atoms with Crippen LogP contribution in [-0.4, -0.2) is 80.3 Å². The Morgan fingerprint density at radius 1 is 0.857 bits per heavy atom. The summed E-state index contributed by atoms with van der Waals surface area (Å²) in [6.07, 6.45) is -0.339. The molecule has 2 aliphatic rings. The van der Waals surface area contributed by atoms with E-state index in [2.05, 4.69) is 46.0 Å². The van der Waals surface area contributed by atoms with Crippen LogP contribution in [0.5, 0.6) is 0 Å². The first-order chi connectivity index (χ1) is 13.4. The van der Waals surface area contributed by atoms with E-state index in [0.29, 0.717) is 13.1 Å². The van der Waals surface area contributed by atoms with Crippen LogP contribution in [0.3, 0.4) is 0 Å². The Morgan fingerprint density at radius 3 is 2.11 bits per heavy atom. The quantitative estimate of drug-likeness (QED) is 0.695. The predicted molar refractivity (Wildman–Crippen MR) is 108 cm³/mol. The molecule has 0 aromatic heterocycles. The van der Waals surface area contributed by atoms with Crippen LogP contribution in [0.4, 0.5) is 13.2 Å². The number of likely N-dealkylation sites (tertiary alicyclic amines) is 1. The summed E-state index contributed by atoms with van der Waals surface area (Å²) in [7, 11) is 2.18. The van der Waals surface area contributed by atoms with Crippen LogP contribution < -0.4 is 0 Å². The van der Waals surface area contributed by atoms with Crippen molar-refractivity contribution in [3.05, 3.63) is 35.4 Å². The number of hydrogen-bond acceptors (Lipinski definition) is 3. The lowest BCUT2D eigenvalue weighted by Gasteiger charge is -2.32. The molecule has 1 aromatic carbocycles. The van der Waals surface area contributed by atoms with Gasteiger partial charge >= 0.3 is 6.18 Å². The Kier molecular flexibility index (Phi) is 7.77. The highest BCUT2D eigenvalue weighted by molar-refractivity contribution is 5.24. The first-order valence-electron chi connectivity index (χ1n) is 10.7. The Labute approximate surface area is 167 Å². The van der Waals surface area contributed by atoms with E-state index in [1.165, 1.54) is 30.6 Å². The maximum Gasteiger partial charge on any atom is 0.391 e. The van der Waals surface area contributed by atoms with Gasteiger partial charge in [0.1, 0.15) is 0 Å². The number of rotatable bonds is 7. The van der Waals surface area contributed by atoms with E-state index < -0.39 is 12.1 Å². The van der Waals surface area contributed by atoms with Crippen LogP contribution in [0.2, 0.25) is 0 Å².